The molecule has 152 valence electrons. The van der Waals surface area contributed by atoms with E-state index in [-0.39, 0.29) is 37.1 Å². The number of nitrogens with zero attached hydrogens (tertiary/aromatic N) is 2. The summed E-state index contributed by atoms with van der Waals surface area (Å²) < 4.78 is 10.0. The maximum absolute atomic E-state index is 12.4. The van der Waals surface area contributed by atoms with Crippen LogP contribution in [0.5, 0.6) is 0 Å². The van der Waals surface area contributed by atoms with Crippen LogP contribution in [0.1, 0.15) is 29.9 Å². The number of ether oxygens (including phenoxy) is 2. The van der Waals surface area contributed by atoms with Crippen LogP contribution in [0.25, 0.3) is 0 Å². The first-order valence-corrected chi connectivity index (χ1v) is 9.90. The summed E-state index contributed by atoms with van der Waals surface area (Å²) in [5.41, 5.74) is 2.14. The fourth-order valence-electron chi connectivity index (χ4n) is 4.38. The Balaban J connectivity index is 1.77. The standard InChI is InChI=1S/C22H30N2O4/c1-27-13-5-6-17-7-9-18(10-8-17)22-19-14-23(21(26)16-28-2)11-3-4-12-24(19)20(22)15-25/h7-10,19-20,22,25H,3-4,11-16H2,1-2H3/t19-,20+,22-/m0/s1. The first-order valence-electron chi connectivity index (χ1n) is 9.90. The molecule has 0 bridgehead atoms. The van der Waals surface area contributed by atoms with Gasteiger partial charge in [-0.05, 0) is 37.1 Å². The fourth-order valence-corrected chi connectivity index (χ4v) is 4.38. The summed E-state index contributed by atoms with van der Waals surface area (Å²) in [4.78, 5) is 16.7. The van der Waals surface area contributed by atoms with Gasteiger partial charge in [0.05, 0.1) is 6.61 Å². The molecule has 1 aromatic rings. The molecular formula is C22H30N2O4. The van der Waals surface area contributed by atoms with Gasteiger partial charge < -0.3 is 19.5 Å². The number of hydrogen-bond donors (Lipinski definition) is 1. The molecule has 0 saturated carbocycles. The summed E-state index contributed by atoms with van der Waals surface area (Å²) >= 11 is 0. The molecule has 1 amide bonds. The highest BCUT2D eigenvalue weighted by molar-refractivity contribution is 5.77. The predicted octanol–water partition coefficient (Wildman–Crippen LogP) is 1.08. The topological polar surface area (TPSA) is 62.2 Å². The summed E-state index contributed by atoms with van der Waals surface area (Å²) in [5, 5.41) is 10.00. The van der Waals surface area contributed by atoms with E-state index >= 15 is 0 Å². The molecule has 1 N–H and O–H groups in total. The Bertz CT molecular complexity index is 709. The van der Waals surface area contributed by atoms with Gasteiger partial charge in [0.15, 0.2) is 0 Å². The Labute approximate surface area is 167 Å². The number of hydrogen-bond acceptors (Lipinski definition) is 5. The van der Waals surface area contributed by atoms with Crippen molar-refractivity contribution in [1.29, 1.82) is 0 Å². The lowest BCUT2D eigenvalue weighted by Gasteiger charge is -2.57. The number of methoxy groups -OCH3 is 2. The predicted molar refractivity (Wildman–Crippen MR) is 107 cm³/mol. The van der Waals surface area contributed by atoms with Gasteiger partial charge in [0.2, 0.25) is 5.91 Å². The lowest BCUT2D eigenvalue weighted by molar-refractivity contribution is -0.140. The van der Waals surface area contributed by atoms with Crippen LogP contribution in [0.4, 0.5) is 0 Å². The molecule has 6 nitrogen and oxygen atoms in total. The zero-order valence-corrected chi connectivity index (χ0v) is 16.8. The van der Waals surface area contributed by atoms with Gasteiger partial charge in [-0.1, -0.05) is 24.0 Å². The van der Waals surface area contributed by atoms with E-state index in [1.807, 2.05) is 17.0 Å². The second-order valence-corrected chi connectivity index (χ2v) is 7.42. The Morgan fingerprint density at radius 2 is 1.93 bits per heavy atom. The van der Waals surface area contributed by atoms with Crippen molar-refractivity contribution in [2.45, 2.75) is 30.8 Å². The number of aliphatic hydroxyl groups is 1. The van der Waals surface area contributed by atoms with Gasteiger partial charge >= 0.3 is 0 Å². The summed E-state index contributed by atoms with van der Waals surface area (Å²) in [7, 11) is 3.18. The minimum atomic E-state index is 0.0410. The third-order valence-electron chi connectivity index (χ3n) is 5.74. The SMILES string of the molecule is COCC#Cc1ccc([C@@H]2[C@@H](CO)N3CCCCN(C(=O)COC)C[C@@H]23)cc1. The monoisotopic (exact) mass is 386 g/mol. The van der Waals surface area contributed by atoms with Crippen molar-refractivity contribution < 1.29 is 19.4 Å². The van der Waals surface area contributed by atoms with Gasteiger partial charge in [0.1, 0.15) is 13.2 Å². The lowest BCUT2D eigenvalue weighted by Crippen LogP contribution is -2.68. The molecule has 3 atom stereocenters. The average Bonchev–Trinajstić information content (AvgIpc) is 2.68. The molecule has 6 heteroatoms. The van der Waals surface area contributed by atoms with E-state index < -0.39 is 0 Å². The minimum absolute atomic E-state index is 0.0410. The second kappa shape index (κ2) is 10.0. The van der Waals surface area contributed by atoms with Crippen LogP contribution in [0.2, 0.25) is 0 Å². The van der Waals surface area contributed by atoms with Crippen LogP contribution in [-0.4, -0.2) is 86.6 Å². The zero-order chi connectivity index (χ0) is 19.9. The third-order valence-corrected chi connectivity index (χ3v) is 5.74. The molecule has 28 heavy (non-hydrogen) atoms. The molecule has 3 rings (SSSR count). The Morgan fingerprint density at radius 1 is 1.18 bits per heavy atom. The van der Waals surface area contributed by atoms with E-state index in [1.165, 1.54) is 5.56 Å². The highest BCUT2D eigenvalue weighted by atomic mass is 16.5. The molecule has 2 aliphatic heterocycles. The molecule has 0 aromatic heterocycles. The van der Waals surface area contributed by atoms with Gasteiger partial charge in [-0.25, -0.2) is 0 Å². The Morgan fingerprint density at radius 3 is 2.61 bits per heavy atom. The number of carbonyl (C=O) groups excluding carboxylic acids is 1. The molecule has 0 radical (unpaired) electrons. The molecular weight excluding hydrogens is 356 g/mol. The second-order valence-electron chi connectivity index (χ2n) is 7.42. The van der Waals surface area contributed by atoms with E-state index in [2.05, 4.69) is 28.9 Å². The average molecular weight is 386 g/mol. The highest BCUT2D eigenvalue weighted by Gasteiger charge is 2.49. The van der Waals surface area contributed by atoms with Crippen LogP contribution < -0.4 is 0 Å². The number of amides is 1. The molecule has 0 aliphatic carbocycles. The van der Waals surface area contributed by atoms with Crippen molar-refractivity contribution in [1.82, 2.24) is 9.80 Å². The highest BCUT2D eigenvalue weighted by Crippen LogP contribution is 2.41. The van der Waals surface area contributed by atoms with Crippen molar-refractivity contribution in [3.05, 3.63) is 35.4 Å². The Kier molecular flexibility index (Phi) is 7.46. The number of benzene rings is 1. The van der Waals surface area contributed by atoms with Gasteiger partial charge in [-0.3, -0.25) is 9.69 Å². The summed E-state index contributed by atoms with van der Waals surface area (Å²) in [6.07, 6.45) is 2.01. The summed E-state index contributed by atoms with van der Waals surface area (Å²) in [6.45, 7) is 3.09. The fraction of sp³-hybridized carbons (Fsp3) is 0.591. The largest absolute Gasteiger partial charge is 0.395 e. The molecule has 0 spiro atoms. The number of aliphatic hydroxyl groups excluding tert-OH is 1. The molecule has 2 saturated heterocycles. The normalized spacial score (nSPS) is 25.0. The van der Waals surface area contributed by atoms with Crippen LogP contribution in [-0.2, 0) is 14.3 Å². The maximum Gasteiger partial charge on any atom is 0.248 e. The van der Waals surface area contributed by atoms with Crippen LogP contribution in [0.3, 0.4) is 0 Å². The summed E-state index contributed by atoms with van der Waals surface area (Å²) in [6, 6.07) is 8.57. The quantitative estimate of drug-likeness (QED) is 0.768. The van der Waals surface area contributed by atoms with Crippen molar-refractivity contribution in [2.24, 2.45) is 0 Å². The van der Waals surface area contributed by atoms with Crippen molar-refractivity contribution >= 4 is 5.91 Å². The Hall–Kier alpha value is -1.91. The maximum atomic E-state index is 12.4. The van der Waals surface area contributed by atoms with E-state index in [4.69, 9.17) is 9.47 Å². The van der Waals surface area contributed by atoms with Crippen LogP contribution >= 0.6 is 0 Å². The molecule has 0 unspecified atom stereocenters. The first-order chi connectivity index (χ1) is 13.7. The summed E-state index contributed by atoms with van der Waals surface area (Å²) in [5.74, 6) is 6.30. The molecule has 2 fully saturated rings. The minimum Gasteiger partial charge on any atom is -0.395 e. The van der Waals surface area contributed by atoms with Gasteiger partial charge in [0.25, 0.3) is 0 Å². The molecule has 2 aliphatic rings. The van der Waals surface area contributed by atoms with Crippen LogP contribution in [0, 0.1) is 11.8 Å². The van der Waals surface area contributed by atoms with Crippen molar-refractivity contribution in [2.75, 3.05) is 53.7 Å². The number of carbonyl (C=O) groups is 1. The number of rotatable bonds is 5. The van der Waals surface area contributed by atoms with E-state index in [0.717, 1.165) is 31.5 Å². The van der Waals surface area contributed by atoms with Crippen molar-refractivity contribution in [3.63, 3.8) is 0 Å². The number of fused-ring (bicyclic) bond motifs is 1. The lowest BCUT2D eigenvalue weighted by atomic mass is 9.74. The van der Waals surface area contributed by atoms with Gasteiger partial charge in [-0.15, -0.1) is 0 Å². The molecule has 1 aromatic carbocycles. The van der Waals surface area contributed by atoms with E-state index in [9.17, 15) is 9.90 Å². The van der Waals surface area contributed by atoms with E-state index in [1.54, 1.807) is 14.2 Å². The van der Waals surface area contributed by atoms with Crippen molar-refractivity contribution in [3.8, 4) is 11.8 Å². The van der Waals surface area contributed by atoms with Crippen LogP contribution in [0.15, 0.2) is 24.3 Å². The zero-order valence-electron chi connectivity index (χ0n) is 16.8. The third kappa shape index (κ3) is 4.56. The first kappa shape index (κ1) is 20.8. The molecule has 2 heterocycles. The smallest absolute Gasteiger partial charge is 0.248 e. The van der Waals surface area contributed by atoms with E-state index in [0.29, 0.717) is 13.2 Å². The van der Waals surface area contributed by atoms with Gasteiger partial charge in [-0.2, -0.15) is 0 Å². The van der Waals surface area contributed by atoms with Gasteiger partial charge in [0, 0.05) is 50.9 Å².